The van der Waals surface area contributed by atoms with Crippen LogP contribution in [-0.4, -0.2) is 45.1 Å². The molecule has 0 saturated carbocycles. The maximum absolute atomic E-state index is 12.6. The third-order valence-corrected chi connectivity index (χ3v) is 2.57. The van der Waals surface area contributed by atoms with Crippen LogP contribution in [0.4, 0.5) is 13.2 Å². The van der Waals surface area contributed by atoms with E-state index < -0.39 is 11.7 Å². The summed E-state index contributed by atoms with van der Waals surface area (Å²) in [4.78, 5) is 1.23. The van der Waals surface area contributed by atoms with E-state index in [0.717, 1.165) is 12.1 Å². The second-order valence-electron chi connectivity index (χ2n) is 4.12. The molecular weight excluding hydrogens is 289 g/mol. The van der Waals surface area contributed by atoms with E-state index in [1.165, 1.54) is 16.9 Å². The normalized spacial score (nSPS) is 11.8. The molecule has 1 aromatic carbocycles. The zero-order valence-electron chi connectivity index (χ0n) is 10.9. The molecule has 6 nitrogen and oxygen atoms in total. The van der Waals surface area contributed by atoms with Gasteiger partial charge in [-0.3, -0.25) is 0 Å². The Bertz CT molecular complexity index is 586. The minimum absolute atomic E-state index is 0.0831. The van der Waals surface area contributed by atoms with Crippen molar-refractivity contribution in [1.82, 2.24) is 20.2 Å². The van der Waals surface area contributed by atoms with Crippen LogP contribution in [0.3, 0.4) is 0 Å². The van der Waals surface area contributed by atoms with Crippen LogP contribution in [0.2, 0.25) is 0 Å². The minimum atomic E-state index is -4.41. The monoisotopic (exact) mass is 302 g/mol. The number of hydrogen-bond acceptors (Lipinski definition) is 5. The molecule has 1 aromatic heterocycles. The first-order chi connectivity index (χ1) is 10.0. The predicted molar refractivity (Wildman–Crippen MR) is 66.2 cm³/mol. The van der Waals surface area contributed by atoms with Crippen molar-refractivity contribution in [2.24, 2.45) is 0 Å². The third kappa shape index (κ3) is 4.23. The number of hydrogen-bond donors (Lipinski definition) is 1. The quantitative estimate of drug-likeness (QED) is 0.816. The van der Waals surface area contributed by atoms with Gasteiger partial charge in [0, 0.05) is 5.56 Å². The highest BCUT2D eigenvalue weighted by atomic mass is 19.4. The van der Waals surface area contributed by atoms with Crippen molar-refractivity contribution < 1.29 is 23.0 Å². The molecule has 0 fully saturated rings. The number of benzene rings is 1. The average Bonchev–Trinajstić information content (AvgIpc) is 2.92. The van der Waals surface area contributed by atoms with Gasteiger partial charge in [-0.2, -0.15) is 18.0 Å². The number of halogens is 3. The molecule has 0 atom stereocenters. The van der Waals surface area contributed by atoms with Crippen LogP contribution in [0, 0.1) is 0 Å². The molecule has 0 unspecified atom stereocenters. The predicted octanol–water partition coefficient (Wildman–Crippen LogP) is 1.37. The van der Waals surface area contributed by atoms with Gasteiger partial charge in [-0.15, -0.1) is 10.2 Å². The number of alkyl halides is 3. The topological polar surface area (TPSA) is 73.1 Å². The van der Waals surface area contributed by atoms with Crippen molar-refractivity contribution in [2.45, 2.75) is 12.7 Å². The molecule has 9 heteroatoms. The molecule has 0 spiro atoms. The minimum Gasteiger partial charge on any atom is -0.394 e. The van der Waals surface area contributed by atoms with E-state index in [1.54, 1.807) is 0 Å². The van der Waals surface area contributed by atoms with Gasteiger partial charge in [0.2, 0.25) is 5.82 Å². The lowest BCUT2D eigenvalue weighted by atomic mass is 10.1. The molecule has 0 bridgehead atoms. The van der Waals surface area contributed by atoms with E-state index in [2.05, 4.69) is 15.4 Å². The molecule has 21 heavy (non-hydrogen) atoms. The van der Waals surface area contributed by atoms with Crippen LogP contribution in [0.1, 0.15) is 5.56 Å². The van der Waals surface area contributed by atoms with E-state index in [1.807, 2.05) is 0 Å². The summed E-state index contributed by atoms with van der Waals surface area (Å²) < 4.78 is 42.9. The molecule has 0 amide bonds. The molecule has 114 valence electrons. The molecule has 2 rings (SSSR count). The van der Waals surface area contributed by atoms with Gasteiger partial charge in [-0.25, -0.2) is 0 Å². The van der Waals surface area contributed by atoms with Crippen LogP contribution < -0.4 is 0 Å². The lowest BCUT2D eigenvalue weighted by Crippen LogP contribution is -2.11. The second-order valence-corrected chi connectivity index (χ2v) is 4.12. The SMILES string of the molecule is OCCOCCn1nnc(-c2cccc(C(F)(F)F)c2)n1. The molecule has 0 aliphatic heterocycles. The van der Waals surface area contributed by atoms with Gasteiger partial charge in [0.15, 0.2) is 0 Å². The summed E-state index contributed by atoms with van der Waals surface area (Å²) in [7, 11) is 0. The zero-order valence-corrected chi connectivity index (χ0v) is 10.9. The summed E-state index contributed by atoms with van der Waals surface area (Å²) in [6, 6.07) is 4.74. The Hall–Kier alpha value is -2.00. The van der Waals surface area contributed by atoms with Gasteiger partial charge in [-0.05, 0) is 17.3 Å². The summed E-state index contributed by atoms with van der Waals surface area (Å²) in [6.07, 6.45) is -4.41. The Morgan fingerprint density at radius 3 is 2.76 bits per heavy atom. The van der Waals surface area contributed by atoms with Crippen molar-refractivity contribution in [1.29, 1.82) is 0 Å². The maximum atomic E-state index is 12.6. The molecule has 0 saturated heterocycles. The van der Waals surface area contributed by atoms with Gasteiger partial charge < -0.3 is 9.84 Å². The average molecular weight is 302 g/mol. The smallest absolute Gasteiger partial charge is 0.394 e. The summed E-state index contributed by atoms with van der Waals surface area (Å²) >= 11 is 0. The van der Waals surface area contributed by atoms with Crippen LogP contribution in [0.5, 0.6) is 0 Å². The lowest BCUT2D eigenvalue weighted by molar-refractivity contribution is -0.137. The largest absolute Gasteiger partial charge is 0.416 e. The zero-order chi connectivity index (χ0) is 15.3. The highest BCUT2D eigenvalue weighted by Crippen LogP contribution is 2.31. The Morgan fingerprint density at radius 1 is 1.24 bits per heavy atom. The fourth-order valence-electron chi connectivity index (χ4n) is 1.60. The van der Waals surface area contributed by atoms with Crippen molar-refractivity contribution in [3.8, 4) is 11.4 Å². The number of ether oxygens (including phenoxy) is 1. The van der Waals surface area contributed by atoms with Crippen molar-refractivity contribution in [3.63, 3.8) is 0 Å². The summed E-state index contributed by atoms with van der Waals surface area (Å²) in [5.41, 5.74) is -0.519. The number of rotatable bonds is 6. The Morgan fingerprint density at radius 2 is 2.05 bits per heavy atom. The van der Waals surface area contributed by atoms with Crippen molar-refractivity contribution in [3.05, 3.63) is 29.8 Å². The van der Waals surface area contributed by atoms with Crippen molar-refractivity contribution in [2.75, 3.05) is 19.8 Å². The molecular formula is C12H13F3N4O2. The van der Waals surface area contributed by atoms with Crippen LogP contribution in [0.25, 0.3) is 11.4 Å². The van der Waals surface area contributed by atoms with E-state index in [0.29, 0.717) is 6.54 Å². The second kappa shape index (κ2) is 6.64. The lowest BCUT2D eigenvalue weighted by Gasteiger charge is -2.06. The molecule has 1 N–H and O–H groups in total. The first-order valence-corrected chi connectivity index (χ1v) is 6.15. The fraction of sp³-hybridized carbons (Fsp3) is 0.417. The standard InChI is InChI=1S/C12H13F3N4O2/c13-12(14,15)10-3-1-2-9(8-10)11-16-18-19(17-11)4-6-21-7-5-20/h1-3,8,20H,4-7H2. The highest BCUT2D eigenvalue weighted by Gasteiger charge is 2.30. The number of aliphatic hydroxyl groups is 1. The Labute approximate surface area is 118 Å². The van der Waals surface area contributed by atoms with Gasteiger partial charge >= 0.3 is 6.18 Å². The Balaban J connectivity index is 2.07. The fourth-order valence-corrected chi connectivity index (χ4v) is 1.60. The number of nitrogens with zero attached hydrogens (tertiary/aromatic N) is 4. The Kier molecular flexibility index (Phi) is 4.86. The van der Waals surface area contributed by atoms with E-state index in [4.69, 9.17) is 9.84 Å². The first-order valence-electron chi connectivity index (χ1n) is 6.15. The number of aliphatic hydroxyl groups excluding tert-OH is 1. The van der Waals surface area contributed by atoms with E-state index in [-0.39, 0.29) is 31.2 Å². The van der Waals surface area contributed by atoms with E-state index >= 15 is 0 Å². The van der Waals surface area contributed by atoms with Crippen LogP contribution in [0.15, 0.2) is 24.3 Å². The van der Waals surface area contributed by atoms with E-state index in [9.17, 15) is 13.2 Å². The summed E-state index contributed by atoms with van der Waals surface area (Å²) in [5, 5.41) is 20.0. The maximum Gasteiger partial charge on any atom is 0.416 e. The van der Waals surface area contributed by atoms with Gasteiger partial charge in [0.25, 0.3) is 0 Å². The number of aromatic nitrogens is 4. The molecule has 1 heterocycles. The molecule has 0 aliphatic carbocycles. The molecule has 2 aromatic rings. The van der Waals surface area contributed by atoms with Gasteiger partial charge in [0.05, 0.1) is 31.9 Å². The summed E-state index contributed by atoms with van der Waals surface area (Å²) in [5.74, 6) is 0.114. The summed E-state index contributed by atoms with van der Waals surface area (Å²) in [6.45, 7) is 0.695. The highest BCUT2D eigenvalue weighted by molar-refractivity contribution is 5.55. The van der Waals surface area contributed by atoms with Crippen LogP contribution >= 0.6 is 0 Å². The van der Waals surface area contributed by atoms with Crippen LogP contribution in [-0.2, 0) is 17.5 Å². The molecule has 0 radical (unpaired) electrons. The third-order valence-electron chi connectivity index (χ3n) is 2.57. The van der Waals surface area contributed by atoms with Gasteiger partial charge in [-0.1, -0.05) is 12.1 Å². The first kappa shape index (κ1) is 15.4. The van der Waals surface area contributed by atoms with Gasteiger partial charge in [0.1, 0.15) is 0 Å². The number of tetrazole rings is 1. The van der Waals surface area contributed by atoms with Crippen molar-refractivity contribution >= 4 is 0 Å². The molecule has 0 aliphatic rings.